The minimum absolute atomic E-state index is 0.205. The number of likely N-dealkylation sites (tertiary alicyclic amines) is 1. The van der Waals surface area contributed by atoms with Crippen molar-refractivity contribution in [3.05, 3.63) is 0 Å². The molecule has 0 aromatic rings. The summed E-state index contributed by atoms with van der Waals surface area (Å²) >= 11 is 0. The number of hydrogen-bond donors (Lipinski definition) is 0. The highest BCUT2D eigenvalue weighted by molar-refractivity contribution is 5.77. The summed E-state index contributed by atoms with van der Waals surface area (Å²) in [5, 5.41) is 0. The Kier molecular flexibility index (Phi) is 3.42. The first-order valence-electron chi connectivity index (χ1n) is 4.64. The molecule has 5 heteroatoms. The van der Waals surface area contributed by atoms with Crippen LogP contribution >= 0.6 is 0 Å². The maximum atomic E-state index is 13.1. The van der Waals surface area contributed by atoms with Crippen LogP contribution in [-0.4, -0.2) is 43.5 Å². The van der Waals surface area contributed by atoms with Crippen LogP contribution in [0, 0.1) is 0 Å². The van der Waals surface area contributed by atoms with Gasteiger partial charge in [0.05, 0.1) is 7.11 Å². The van der Waals surface area contributed by atoms with Crippen LogP contribution in [0.2, 0.25) is 0 Å². The summed E-state index contributed by atoms with van der Waals surface area (Å²) in [7, 11) is 2.78. The van der Waals surface area contributed by atoms with Gasteiger partial charge in [0, 0.05) is 12.5 Å². The van der Waals surface area contributed by atoms with Crippen molar-refractivity contribution in [3.8, 4) is 0 Å². The van der Waals surface area contributed by atoms with Gasteiger partial charge in [0.15, 0.2) is 0 Å². The van der Waals surface area contributed by atoms with Gasteiger partial charge in [0.1, 0.15) is 0 Å². The molecular weight excluding hydrogens is 192 g/mol. The van der Waals surface area contributed by atoms with Gasteiger partial charge in [0.2, 0.25) is 0 Å². The molecule has 0 aromatic carbocycles. The van der Waals surface area contributed by atoms with E-state index in [0.717, 1.165) is 26.5 Å². The Labute approximate surface area is 82.0 Å². The highest BCUT2D eigenvalue weighted by atomic mass is 19.3. The number of methoxy groups -OCH3 is 1. The molecule has 0 aliphatic carbocycles. The van der Waals surface area contributed by atoms with E-state index in [9.17, 15) is 13.6 Å². The lowest BCUT2D eigenvalue weighted by Gasteiger charge is -2.23. The Morgan fingerprint density at radius 2 is 2.29 bits per heavy atom. The van der Waals surface area contributed by atoms with Crippen molar-refractivity contribution in [2.24, 2.45) is 0 Å². The highest BCUT2D eigenvalue weighted by Crippen LogP contribution is 2.28. The van der Waals surface area contributed by atoms with E-state index in [1.54, 1.807) is 7.05 Å². The number of ether oxygens (including phenoxy) is 1. The quantitative estimate of drug-likeness (QED) is 0.653. The molecule has 14 heavy (non-hydrogen) atoms. The summed E-state index contributed by atoms with van der Waals surface area (Å²) in [5.74, 6) is -4.78. The number of carbonyl (C=O) groups is 1. The minimum atomic E-state index is -3.35. The van der Waals surface area contributed by atoms with E-state index >= 15 is 0 Å². The maximum Gasteiger partial charge on any atom is 0.376 e. The molecule has 0 amide bonds. The highest BCUT2D eigenvalue weighted by Gasteiger charge is 2.43. The Morgan fingerprint density at radius 3 is 2.71 bits per heavy atom. The van der Waals surface area contributed by atoms with Gasteiger partial charge in [-0.3, -0.25) is 0 Å². The molecule has 1 aliphatic rings. The van der Waals surface area contributed by atoms with E-state index in [1.807, 2.05) is 4.90 Å². The number of alkyl halides is 2. The fourth-order valence-corrected chi connectivity index (χ4v) is 1.77. The van der Waals surface area contributed by atoms with E-state index < -0.39 is 18.3 Å². The first kappa shape index (κ1) is 11.4. The summed E-state index contributed by atoms with van der Waals surface area (Å²) in [6, 6.07) is -0.205. The standard InChI is InChI=1S/C9H15F2NO2/c1-12-5-3-4-7(12)6-9(10,11)8(13)14-2/h7H,3-6H2,1-2H3. The normalized spacial score (nSPS) is 23.9. The maximum absolute atomic E-state index is 13.1. The van der Waals surface area contributed by atoms with Gasteiger partial charge in [-0.05, 0) is 26.4 Å². The molecule has 0 bridgehead atoms. The molecule has 1 atom stereocenters. The molecule has 1 fully saturated rings. The first-order valence-corrected chi connectivity index (χ1v) is 4.64. The van der Waals surface area contributed by atoms with Crippen molar-refractivity contribution in [2.75, 3.05) is 20.7 Å². The van der Waals surface area contributed by atoms with Crippen molar-refractivity contribution < 1.29 is 18.3 Å². The number of nitrogens with zero attached hydrogens (tertiary/aromatic N) is 1. The summed E-state index contributed by atoms with van der Waals surface area (Å²) in [4.78, 5) is 12.6. The minimum Gasteiger partial charge on any atom is -0.465 e. The second kappa shape index (κ2) is 4.21. The number of halogens is 2. The Balaban J connectivity index is 2.53. The number of carbonyl (C=O) groups excluding carboxylic acids is 1. The monoisotopic (exact) mass is 207 g/mol. The Hall–Kier alpha value is -0.710. The van der Waals surface area contributed by atoms with Gasteiger partial charge in [-0.2, -0.15) is 8.78 Å². The molecule has 0 spiro atoms. The molecule has 0 N–H and O–H groups in total. The summed E-state index contributed by atoms with van der Waals surface area (Å²) in [6.07, 6.45) is 1.21. The average Bonchev–Trinajstić information content (AvgIpc) is 2.50. The lowest BCUT2D eigenvalue weighted by molar-refractivity contribution is -0.171. The van der Waals surface area contributed by atoms with E-state index in [0.29, 0.717) is 0 Å². The van der Waals surface area contributed by atoms with Gasteiger partial charge in [-0.25, -0.2) is 4.79 Å². The van der Waals surface area contributed by atoms with Crippen molar-refractivity contribution in [2.45, 2.75) is 31.2 Å². The topological polar surface area (TPSA) is 29.5 Å². The van der Waals surface area contributed by atoms with E-state index in [4.69, 9.17) is 0 Å². The molecule has 0 aromatic heterocycles. The second-order valence-corrected chi connectivity index (χ2v) is 3.68. The van der Waals surface area contributed by atoms with Crippen LogP contribution in [-0.2, 0) is 9.53 Å². The van der Waals surface area contributed by atoms with E-state index in [-0.39, 0.29) is 6.04 Å². The molecule has 1 aliphatic heterocycles. The number of hydrogen-bond acceptors (Lipinski definition) is 3. The smallest absolute Gasteiger partial charge is 0.376 e. The van der Waals surface area contributed by atoms with Crippen LogP contribution in [0.15, 0.2) is 0 Å². The zero-order valence-electron chi connectivity index (χ0n) is 8.43. The molecule has 0 radical (unpaired) electrons. The van der Waals surface area contributed by atoms with E-state index in [2.05, 4.69) is 4.74 Å². The van der Waals surface area contributed by atoms with Crippen molar-refractivity contribution in [1.82, 2.24) is 4.90 Å². The predicted molar refractivity (Wildman–Crippen MR) is 47.2 cm³/mol. The average molecular weight is 207 g/mol. The number of esters is 1. The van der Waals surface area contributed by atoms with Crippen LogP contribution in [0.4, 0.5) is 8.78 Å². The SMILES string of the molecule is COC(=O)C(F)(F)CC1CCCN1C. The van der Waals surface area contributed by atoms with Crippen molar-refractivity contribution >= 4 is 5.97 Å². The van der Waals surface area contributed by atoms with Crippen LogP contribution in [0.25, 0.3) is 0 Å². The molecule has 1 unspecified atom stereocenters. The molecule has 0 saturated carbocycles. The summed E-state index contributed by atoms with van der Waals surface area (Å²) in [6.45, 7) is 0.821. The third-order valence-electron chi connectivity index (χ3n) is 2.65. The third kappa shape index (κ3) is 2.41. The van der Waals surface area contributed by atoms with E-state index in [1.165, 1.54) is 0 Å². The lowest BCUT2D eigenvalue weighted by atomic mass is 10.1. The first-order chi connectivity index (χ1) is 6.47. The Morgan fingerprint density at radius 1 is 1.64 bits per heavy atom. The lowest BCUT2D eigenvalue weighted by Crippen LogP contribution is -2.38. The molecule has 82 valence electrons. The van der Waals surface area contributed by atoms with Gasteiger partial charge in [-0.1, -0.05) is 0 Å². The van der Waals surface area contributed by atoms with Gasteiger partial charge < -0.3 is 9.64 Å². The molecule has 1 heterocycles. The fraction of sp³-hybridized carbons (Fsp3) is 0.889. The van der Waals surface area contributed by atoms with Gasteiger partial charge in [0.25, 0.3) is 0 Å². The van der Waals surface area contributed by atoms with Crippen molar-refractivity contribution in [3.63, 3.8) is 0 Å². The molecule has 1 rings (SSSR count). The van der Waals surface area contributed by atoms with Crippen LogP contribution in [0.1, 0.15) is 19.3 Å². The predicted octanol–water partition coefficient (Wildman–Crippen LogP) is 1.28. The summed E-state index contributed by atoms with van der Waals surface area (Å²) in [5.41, 5.74) is 0. The van der Waals surface area contributed by atoms with Gasteiger partial charge >= 0.3 is 11.9 Å². The van der Waals surface area contributed by atoms with Crippen LogP contribution < -0.4 is 0 Å². The zero-order chi connectivity index (χ0) is 10.8. The fourth-order valence-electron chi connectivity index (χ4n) is 1.77. The largest absolute Gasteiger partial charge is 0.465 e. The Bertz CT molecular complexity index is 221. The van der Waals surface area contributed by atoms with Gasteiger partial charge in [-0.15, -0.1) is 0 Å². The molecule has 1 saturated heterocycles. The van der Waals surface area contributed by atoms with Crippen molar-refractivity contribution in [1.29, 1.82) is 0 Å². The number of rotatable bonds is 3. The van der Waals surface area contributed by atoms with Crippen LogP contribution in [0.5, 0.6) is 0 Å². The second-order valence-electron chi connectivity index (χ2n) is 3.68. The molecular formula is C9H15F2NO2. The zero-order valence-corrected chi connectivity index (χ0v) is 8.43. The van der Waals surface area contributed by atoms with Crippen LogP contribution in [0.3, 0.4) is 0 Å². The summed E-state index contributed by atoms with van der Waals surface area (Å²) < 4.78 is 30.3. The molecule has 3 nitrogen and oxygen atoms in total. The third-order valence-corrected chi connectivity index (χ3v) is 2.65.